The van der Waals surface area contributed by atoms with Crippen LogP contribution in [0.25, 0.3) is 0 Å². The van der Waals surface area contributed by atoms with Crippen molar-refractivity contribution in [3.05, 3.63) is 42.1 Å². The Bertz CT molecular complexity index is 851. The van der Waals surface area contributed by atoms with Crippen molar-refractivity contribution in [1.82, 2.24) is 25.6 Å². The van der Waals surface area contributed by atoms with E-state index < -0.39 is 6.04 Å². The van der Waals surface area contributed by atoms with Gasteiger partial charge in [0, 0.05) is 50.6 Å². The molecule has 28 heavy (non-hydrogen) atoms. The molecule has 2 aromatic rings. The van der Waals surface area contributed by atoms with Crippen molar-refractivity contribution in [3.8, 4) is 6.07 Å². The van der Waals surface area contributed by atoms with Crippen molar-refractivity contribution < 1.29 is 9.59 Å². The van der Waals surface area contributed by atoms with Crippen LogP contribution in [0.15, 0.2) is 30.9 Å². The second kappa shape index (κ2) is 8.99. The van der Waals surface area contributed by atoms with E-state index in [-0.39, 0.29) is 17.9 Å². The van der Waals surface area contributed by atoms with Gasteiger partial charge in [-0.05, 0) is 25.0 Å². The molecular formula is C19H23N7O2. The lowest BCUT2D eigenvalue weighted by Gasteiger charge is -2.34. The zero-order chi connectivity index (χ0) is 19.9. The summed E-state index contributed by atoms with van der Waals surface area (Å²) < 4.78 is 0. The molecule has 2 amide bonds. The van der Waals surface area contributed by atoms with Gasteiger partial charge in [0.15, 0.2) is 0 Å². The molecule has 0 spiro atoms. The molecule has 3 N–H and O–H groups in total. The van der Waals surface area contributed by atoms with Crippen LogP contribution in [-0.4, -0.2) is 51.9 Å². The summed E-state index contributed by atoms with van der Waals surface area (Å²) in [6.07, 6.45) is 6.69. The Kier molecular flexibility index (Phi) is 6.22. The summed E-state index contributed by atoms with van der Waals surface area (Å²) in [5.41, 5.74) is 1.33. The van der Waals surface area contributed by atoms with Crippen LogP contribution in [0.4, 0.5) is 5.82 Å². The van der Waals surface area contributed by atoms with Gasteiger partial charge < -0.3 is 20.5 Å². The summed E-state index contributed by atoms with van der Waals surface area (Å²) in [6.45, 7) is 2.79. The number of pyridine rings is 1. The first-order valence-corrected chi connectivity index (χ1v) is 9.21. The number of imidazole rings is 1. The smallest absolute Gasteiger partial charge is 0.243 e. The van der Waals surface area contributed by atoms with Gasteiger partial charge in [0.2, 0.25) is 11.8 Å². The van der Waals surface area contributed by atoms with E-state index in [4.69, 9.17) is 0 Å². The van der Waals surface area contributed by atoms with Crippen molar-refractivity contribution in [2.45, 2.75) is 38.3 Å². The van der Waals surface area contributed by atoms with Crippen molar-refractivity contribution in [2.24, 2.45) is 0 Å². The summed E-state index contributed by atoms with van der Waals surface area (Å²) in [6, 6.07) is 5.02. The number of rotatable bonds is 6. The summed E-state index contributed by atoms with van der Waals surface area (Å²) in [4.78, 5) is 37.5. The topological polar surface area (TPSA) is 127 Å². The first kappa shape index (κ1) is 19.4. The molecule has 2 aromatic heterocycles. The third-order valence-corrected chi connectivity index (χ3v) is 4.72. The van der Waals surface area contributed by atoms with E-state index in [2.05, 4.69) is 36.6 Å². The maximum absolute atomic E-state index is 12.7. The molecule has 1 aliphatic heterocycles. The van der Waals surface area contributed by atoms with E-state index in [0.717, 1.165) is 18.5 Å². The first-order chi connectivity index (χ1) is 13.6. The molecule has 0 radical (unpaired) electrons. The summed E-state index contributed by atoms with van der Waals surface area (Å²) in [5.74, 6) is 0.220. The highest BCUT2D eigenvalue weighted by molar-refractivity contribution is 5.87. The maximum atomic E-state index is 12.7. The lowest BCUT2D eigenvalue weighted by atomic mass is 10.0. The lowest BCUT2D eigenvalue weighted by Crippen LogP contribution is -2.52. The van der Waals surface area contributed by atoms with E-state index in [9.17, 15) is 14.9 Å². The molecule has 9 heteroatoms. The van der Waals surface area contributed by atoms with Gasteiger partial charge in [0.05, 0.1) is 11.9 Å². The highest BCUT2D eigenvalue weighted by atomic mass is 16.2. The molecule has 0 saturated carbocycles. The van der Waals surface area contributed by atoms with Crippen LogP contribution < -0.4 is 15.5 Å². The minimum Gasteiger partial charge on any atom is -0.355 e. The van der Waals surface area contributed by atoms with Gasteiger partial charge in [-0.15, -0.1) is 0 Å². The zero-order valence-corrected chi connectivity index (χ0v) is 15.7. The molecule has 3 heterocycles. The number of aromatic nitrogens is 3. The number of nitriles is 1. The molecule has 146 valence electrons. The van der Waals surface area contributed by atoms with E-state index in [1.807, 2.05) is 0 Å². The van der Waals surface area contributed by atoms with Gasteiger partial charge in [-0.3, -0.25) is 9.59 Å². The standard InChI is InChI=1S/C19H23N7O2/c1-13(27)24-17(9-16-11-21-12-23-16)19(28)25-15-4-7-26(8-5-15)18-14(10-20)3-2-6-22-18/h2-3,6,11-12,15,17H,4-5,7-9H2,1H3,(H,21,23)(H,24,27)(H,25,28)/t17-/m0/s1. The Morgan fingerprint density at radius 3 is 2.86 bits per heavy atom. The molecule has 1 saturated heterocycles. The predicted molar refractivity (Wildman–Crippen MR) is 102 cm³/mol. The average Bonchev–Trinajstić information content (AvgIpc) is 3.21. The fraction of sp³-hybridized carbons (Fsp3) is 0.421. The lowest BCUT2D eigenvalue weighted by molar-refractivity contribution is -0.128. The number of amides is 2. The number of anilines is 1. The maximum Gasteiger partial charge on any atom is 0.243 e. The first-order valence-electron chi connectivity index (χ1n) is 9.21. The average molecular weight is 381 g/mol. The molecule has 3 rings (SSSR count). The molecular weight excluding hydrogens is 358 g/mol. The van der Waals surface area contributed by atoms with Crippen LogP contribution >= 0.6 is 0 Å². The number of hydrogen-bond donors (Lipinski definition) is 3. The van der Waals surface area contributed by atoms with E-state index >= 15 is 0 Å². The van der Waals surface area contributed by atoms with E-state index in [1.54, 1.807) is 30.9 Å². The third-order valence-electron chi connectivity index (χ3n) is 4.72. The molecule has 0 unspecified atom stereocenters. The number of carbonyl (C=O) groups excluding carboxylic acids is 2. The highest BCUT2D eigenvalue weighted by Crippen LogP contribution is 2.21. The molecule has 0 bridgehead atoms. The molecule has 1 atom stereocenters. The van der Waals surface area contributed by atoms with Gasteiger partial charge in [0.1, 0.15) is 17.9 Å². The Morgan fingerprint density at radius 1 is 1.43 bits per heavy atom. The normalized spacial score (nSPS) is 15.5. The number of hydrogen-bond acceptors (Lipinski definition) is 6. The molecule has 0 aliphatic carbocycles. The van der Waals surface area contributed by atoms with Gasteiger partial charge in [0.25, 0.3) is 0 Å². The van der Waals surface area contributed by atoms with Crippen LogP contribution in [-0.2, 0) is 16.0 Å². The monoisotopic (exact) mass is 381 g/mol. The Balaban J connectivity index is 1.57. The number of carbonyl (C=O) groups is 2. The molecule has 9 nitrogen and oxygen atoms in total. The molecule has 0 aromatic carbocycles. The van der Waals surface area contributed by atoms with Crippen molar-refractivity contribution in [3.63, 3.8) is 0 Å². The fourth-order valence-corrected chi connectivity index (χ4v) is 3.34. The highest BCUT2D eigenvalue weighted by Gasteiger charge is 2.27. The summed E-state index contributed by atoms with van der Waals surface area (Å²) in [7, 11) is 0. The van der Waals surface area contributed by atoms with E-state index in [0.29, 0.717) is 30.9 Å². The second-order valence-corrected chi connectivity index (χ2v) is 6.79. The van der Waals surface area contributed by atoms with Crippen LogP contribution in [0.3, 0.4) is 0 Å². The minimum atomic E-state index is -0.656. The van der Waals surface area contributed by atoms with Gasteiger partial charge >= 0.3 is 0 Å². The number of nitrogens with one attached hydrogen (secondary N) is 3. The largest absolute Gasteiger partial charge is 0.355 e. The van der Waals surface area contributed by atoms with Crippen LogP contribution in [0, 0.1) is 11.3 Å². The van der Waals surface area contributed by atoms with Crippen LogP contribution in [0.1, 0.15) is 31.0 Å². The van der Waals surface area contributed by atoms with Crippen LogP contribution in [0.2, 0.25) is 0 Å². The van der Waals surface area contributed by atoms with Crippen molar-refractivity contribution in [1.29, 1.82) is 5.26 Å². The van der Waals surface area contributed by atoms with Crippen molar-refractivity contribution >= 4 is 17.6 Å². The summed E-state index contributed by atoms with van der Waals surface area (Å²) >= 11 is 0. The van der Waals surface area contributed by atoms with Crippen LogP contribution in [0.5, 0.6) is 0 Å². The third kappa shape index (κ3) is 4.85. The van der Waals surface area contributed by atoms with Gasteiger partial charge in [-0.25, -0.2) is 9.97 Å². The molecule has 1 fully saturated rings. The van der Waals surface area contributed by atoms with E-state index in [1.165, 1.54) is 6.92 Å². The van der Waals surface area contributed by atoms with Crippen molar-refractivity contribution in [2.75, 3.05) is 18.0 Å². The quantitative estimate of drug-likeness (QED) is 0.669. The summed E-state index contributed by atoms with van der Waals surface area (Å²) in [5, 5.41) is 15.0. The Labute approximate surface area is 163 Å². The minimum absolute atomic E-state index is 0.0102. The fourth-order valence-electron chi connectivity index (χ4n) is 3.34. The number of H-pyrrole nitrogens is 1. The number of aromatic amines is 1. The Hall–Kier alpha value is -3.41. The SMILES string of the molecule is CC(=O)N[C@@H](Cc1cnc[nH]1)C(=O)NC1CCN(c2ncccc2C#N)CC1. The van der Waals surface area contributed by atoms with Gasteiger partial charge in [-0.2, -0.15) is 5.26 Å². The zero-order valence-electron chi connectivity index (χ0n) is 15.7. The Morgan fingerprint density at radius 2 is 2.21 bits per heavy atom. The second-order valence-electron chi connectivity index (χ2n) is 6.79. The van der Waals surface area contributed by atoms with Gasteiger partial charge in [-0.1, -0.05) is 0 Å². The number of nitrogens with zero attached hydrogens (tertiary/aromatic N) is 4. The predicted octanol–water partition coefficient (Wildman–Crippen LogP) is 0.509. The molecule has 1 aliphatic rings. The number of piperidine rings is 1.